The zero-order valence-corrected chi connectivity index (χ0v) is 19.5. The fourth-order valence-corrected chi connectivity index (χ4v) is 3.53. The van der Waals surface area contributed by atoms with E-state index in [4.69, 9.17) is 21.7 Å². The maximum atomic E-state index is 12.9. The zero-order valence-electron chi connectivity index (χ0n) is 19.5. The van der Waals surface area contributed by atoms with E-state index in [0.29, 0.717) is 6.42 Å². The van der Waals surface area contributed by atoms with Gasteiger partial charge in [0.05, 0.1) is 18.9 Å². The van der Waals surface area contributed by atoms with Gasteiger partial charge in [-0.25, -0.2) is 0 Å². The Kier molecular flexibility index (Phi) is 11.1. The highest BCUT2D eigenvalue weighted by Crippen LogP contribution is 2.19. The first kappa shape index (κ1) is 29.3. The summed E-state index contributed by atoms with van der Waals surface area (Å²) in [6, 6.07) is -4.97. The second-order valence-electron chi connectivity index (χ2n) is 8.47. The largest absolute Gasteiger partial charge is 0.481 e. The van der Waals surface area contributed by atoms with Gasteiger partial charge >= 0.3 is 11.9 Å². The molecule has 0 spiro atoms. The van der Waals surface area contributed by atoms with E-state index in [1.165, 1.54) is 4.90 Å². The number of nitrogens with two attached hydrogens (primary N) is 2. The van der Waals surface area contributed by atoms with Crippen LogP contribution in [0.2, 0.25) is 0 Å². The third kappa shape index (κ3) is 9.19. The molecule has 1 saturated heterocycles. The first-order valence-electron chi connectivity index (χ1n) is 10.9. The summed E-state index contributed by atoms with van der Waals surface area (Å²) in [5.41, 5.74) is 10.8. The Morgan fingerprint density at radius 1 is 0.971 bits per heavy atom. The van der Waals surface area contributed by atoms with E-state index >= 15 is 0 Å². The van der Waals surface area contributed by atoms with Gasteiger partial charge < -0.3 is 42.5 Å². The molecule has 35 heavy (non-hydrogen) atoms. The van der Waals surface area contributed by atoms with Crippen molar-refractivity contribution in [3.8, 4) is 0 Å². The molecule has 5 amide bonds. The molecule has 1 aliphatic heterocycles. The lowest BCUT2D eigenvalue weighted by Gasteiger charge is -2.29. The van der Waals surface area contributed by atoms with Crippen LogP contribution >= 0.6 is 0 Å². The van der Waals surface area contributed by atoms with Gasteiger partial charge in [0, 0.05) is 6.54 Å². The summed E-state index contributed by atoms with van der Waals surface area (Å²) in [6.07, 6.45) is -0.480. The Morgan fingerprint density at radius 3 is 2.11 bits per heavy atom. The minimum absolute atomic E-state index is 0.188. The van der Waals surface area contributed by atoms with E-state index in [9.17, 15) is 33.6 Å². The Morgan fingerprint density at radius 2 is 1.60 bits per heavy atom. The topological polar surface area (TPSA) is 251 Å². The Hall–Kier alpha value is -3.75. The van der Waals surface area contributed by atoms with E-state index in [0.717, 1.165) is 0 Å². The lowest BCUT2D eigenvalue weighted by Crippen LogP contribution is -2.59. The summed E-state index contributed by atoms with van der Waals surface area (Å²) in [5, 5.41) is 24.4. The standard InChI is InChI=1S/C20H32N6O9/c1-9(2)16(19(34)24-11(7-13(22)27)17(32)23-8-15(30)31)25-18(33)12-4-3-5-26(12)20(35)10(21)6-14(28)29/h9-12,16H,3-8,21H2,1-2H3,(H2,22,27)(H,23,32)(H,24,34)(H,25,33)(H,28,29)(H,30,31)/t10-,11-,12-,16-/m0/s1. The van der Waals surface area contributed by atoms with Gasteiger partial charge in [0.15, 0.2) is 0 Å². The highest BCUT2D eigenvalue weighted by atomic mass is 16.4. The van der Waals surface area contributed by atoms with Gasteiger partial charge in [0.25, 0.3) is 0 Å². The molecule has 4 atom stereocenters. The van der Waals surface area contributed by atoms with Crippen molar-refractivity contribution in [2.24, 2.45) is 17.4 Å². The second kappa shape index (κ2) is 13.2. The van der Waals surface area contributed by atoms with Crippen LogP contribution in [-0.2, 0) is 33.6 Å². The molecular weight excluding hydrogens is 468 g/mol. The number of aliphatic carboxylic acids is 2. The SMILES string of the molecule is CC(C)[C@H](NC(=O)[C@@H]1CCCN1C(=O)[C@@H](N)CC(=O)O)C(=O)N[C@@H](CC(N)=O)C(=O)NCC(=O)O. The number of likely N-dealkylation sites (tertiary alicyclic amines) is 1. The number of hydrogen-bond donors (Lipinski definition) is 7. The van der Waals surface area contributed by atoms with Gasteiger partial charge in [-0.1, -0.05) is 13.8 Å². The van der Waals surface area contributed by atoms with E-state index in [2.05, 4.69) is 10.6 Å². The number of carboxylic acids is 2. The lowest BCUT2D eigenvalue weighted by molar-refractivity contribution is -0.144. The number of nitrogens with zero attached hydrogens (tertiary/aromatic N) is 1. The number of rotatable bonds is 13. The van der Waals surface area contributed by atoms with E-state index in [1.54, 1.807) is 13.8 Å². The summed E-state index contributed by atoms with van der Waals surface area (Å²) in [4.78, 5) is 84.6. The molecule has 1 heterocycles. The average Bonchev–Trinajstić information content (AvgIpc) is 3.23. The molecule has 0 radical (unpaired) electrons. The first-order chi connectivity index (χ1) is 16.2. The maximum absolute atomic E-state index is 12.9. The fourth-order valence-electron chi connectivity index (χ4n) is 3.53. The maximum Gasteiger partial charge on any atom is 0.322 e. The number of carbonyl (C=O) groups is 7. The van der Waals surface area contributed by atoms with Gasteiger partial charge in [-0.15, -0.1) is 0 Å². The monoisotopic (exact) mass is 500 g/mol. The predicted molar refractivity (Wildman–Crippen MR) is 118 cm³/mol. The minimum Gasteiger partial charge on any atom is -0.481 e. The van der Waals surface area contributed by atoms with Crippen molar-refractivity contribution in [3.63, 3.8) is 0 Å². The van der Waals surface area contributed by atoms with Crippen LogP contribution in [0, 0.1) is 5.92 Å². The normalized spacial score (nSPS) is 17.7. The lowest BCUT2D eigenvalue weighted by atomic mass is 10.0. The van der Waals surface area contributed by atoms with Crippen molar-refractivity contribution in [3.05, 3.63) is 0 Å². The van der Waals surface area contributed by atoms with E-state index < -0.39 is 90.9 Å². The molecule has 15 nitrogen and oxygen atoms in total. The zero-order chi connectivity index (χ0) is 26.9. The third-order valence-electron chi connectivity index (χ3n) is 5.25. The Labute approximate surface area is 200 Å². The molecule has 0 aliphatic carbocycles. The number of carboxylic acid groups (broad SMARTS) is 2. The van der Waals surface area contributed by atoms with Crippen molar-refractivity contribution >= 4 is 41.5 Å². The number of nitrogens with one attached hydrogen (secondary N) is 3. The van der Waals surface area contributed by atoms with Gasteiger partial charge in [0.2, 0.25) is 29.5 Å². The summed E-state index contributed by atoms with van der Waals surface area (Å²) in [6.45, 7) is 2.66. The average molecular weight is 501 g/mol. The molecule has 0 aromatic carbocycles. The summed E-state index contributed by atoms with van der Waals surface area (Å²) in [5.74, 6) is -7.18. The van der Waals surface area contributed by atoms with E-state index in [-0.39, 0.29) is 13.0 Å². The van der Waals surface area contributed by atoms with E-state index in [1.807, 2.05) is 5.32 Å². The van der Waals surface area contributed by atoms with Crippen molar-refractivity contribution in [1.29, 1.82) is 0 Å². The number of hydrogen-bond acceptors (Lipinski definition) is 8. The Bertz CT molecular complexity index is 862. The molecule has 0 aromatic heterocycles. The van der Waals surface area contributed by atoms with Crippen LogP contribution in [0.1, 0.15) is 39.5 Å². The van der Waals surface area contributed by atoms with Crippen LogP contribution in [-0.4, -0.2) is 93.8 Å². The van der Waals surface area contributed by atoms with Crippen molar-refractivity contribution in [2.75, 3.05) is 13.1 Å². The van der Waals surface area contributed by atoms with Gasteiger partial charge in [-0.3, -0.25) is 33.6 Å². The van der Waals surface area contributed by atoms with Crippen LogP contribution in [0.15, 0.2) is 0 Å². The molecule has 1 fully saturated rings. The highest BCUT2D eigenvalue weighted by Gasteiger charge is 2.39. The molecule has 0 aromatic rings. The first-order valence-corrected chi connectivity index (χ1v) is 10.9. The van der Waals surface area contributed by atoms with Crippen molar-refractivity contribution in [2.45, 2.75) is 63.7 Å². The molecule has 0 unspecified atom stereocenters. The third-order valence-corrected chi connectivity index (χ3v) is 5.25. The smallest absolute Gasteiger partial charge is 0.322 e. The van der Waals surface area contributed by atoms with Crippen LogP contribution in [0.4, 0.5) is 0 Å². The van der Waals surface area contributed by atoms with Crippen LogP contribution in [0.5, 0.6) is 0 Å². The number of carbonyl (C=O) groups excluding carboxylic acids is 5. The molecule has 15 heteroatoms. The fraction of sp³-hybridized carbons (Fsp3) is 0.650. The van der Waals surface area contributed by atoms with Crippen LogP contribution < -0.4 is 27.4 Å². The number of amides is 5. The minimum atomic E-state index is -1.48. The quantitative estimate of drug-likeness (QED) is 0.131. The second-order valence-corrected chi connectivity index (χ2v) is 8.47. The van der Waals surface area contributed by atoms with Crippen molar-refractivity contribution in [1.82, 2.24) is 20.9 Å². The number of primary amides is 1. The molecule has 1 rings (SSSR count). The highest BCUT2D eigenvalue weighted by molar-refractivity contribution is 5.97. The van der Waals surface area contributed by atoms with Crippen molar-refractivity contribution < 1.29 is 43.8 Å². The summed E-state index contributed by atoms with van der Waals surface area (Å²) in [7, 11) is 0. The summed E-state index contributed by atoms with van der Waals surface area (Å²) >= 11 is 0. The molecular formula is C20H32N6O9. The van der Waals surface area contributed by atoms with Gasteiger partial charge in [-0.05, 0) is 18.8 Å². The molecule has 0 saturated carbocycles. The molecule has 1 aliphatic rings. The predicted octanol–water partition coefficient (Wildman–Crippen LogP) is -3.52. The van der Waals surface area contributed by atoms with Crippen LogP contribution in [0.3, 0.4) is 0 Å². The molecule has 9 N–H and O–H groups in total. The summed E-state index contributed by atoms with van der Waals surface area (Å²) < 4.78 is 0. The molecule has 196 valence electrons. The Balaban J connectivity index is 2.94. The molecule has 0 bridgehead atoms. The van der Waals surface area contributed by atoms with Gasteiger partial charge in [0.1, 0.15) is 24.7 Å². The van der Waals surface area contributed by atoms with Crippen LogP contribution in [0.25, 0.3) is 0 Å². The van der Waals surface area contributed by atoms with Gasteiger partial charge in [-0.2, -0.15) is 0 Å².